The first-order valence-electron chi connectivity index (χ1n) is 5.91. The second-order valence-electron chi connectivity index (χ2n) is 4.24. The van der Waals surface area contributed by atoms with Crippen LogP contribution >= 0.6 is 27.5 Å². The van der Waals surface area contributed by atoms with Crippen molar-refractivity contribution in [1.29, 1.82) is 0 Å². The maximum atomic E-state index is 13.8. The first-order chi connectivity index (χ1) is 10.1. The van der Waals surface area contributed by atoms with Gasteiger partial charge in [-0.1, -0.05) is 17.7 Å². The summed E-state index contributed by atoms with van der Waals surface area (Å²) in [6.07, 6.45) is 0. The summed E-state index contributed by atoms with van der Waals surface area (Å²) < 4.78 is 24.5. The smallest absolute Gasteiger partial charge is 0.259 e. The fraction of sp³-hybridized carbons (Fsp3) is 0.0714. The van der Waals surface area contributed by atoms with E-state index in [1.807, 2.05) is 0 Å². The molecule has 1 amide bonds. The summed E-state index contributed by atoms with van der Waals surface area (Å²) in [7, 11) is 0. The van der Waals surface area contributed by atoms with Crippen LogP contribution < -0.4 is 14.8 Å². The fourth-order valence-corrected chi connectivity index (χ4v) is 2.64. The molecule has 2 aromatic rings. The number of halogens is 3. The minimum atomic E-state index is -0.626. The second kappa shape index (κ2) is 5.54. The minimum absolute atomic E-state index is 0.0915. The van der Waals surface area contributed by atoms with E-state index in [9.17, 15) is 9.18 Å². The van der Waals surface area contributed by atoms with Crippen LogP contribution in [0.3, 0.4) is 0 Å². The van der Waals surface area contributed by atoms with Crippen molar-refractivity contribution in [2.75, 3.05) is 12.1 Å². The van der Waals surface area contributed by atoms with Gasteiger partial charge in [0.25, 0.3) is 5.91 Å². The average Bonchev–Trinajstić information content (AvgIpc) is 2.86. The van der Waals surface area contributed by atoms with Crippen LogP contribution in [0.2, 0.25) is 5.02 Å². The number of carbonyl (C=O) groups excluding carboxylic acids is 1. The van der Waals surface area contributed by atoms with Crippen LogP contribution in [0.4, 0.5) is 10.1 Å². The third-order valence-corrected chi connectivity index (χ3v) is 3.87. The Hall–Kier alpha value is -1.79. The van der Waals surface area contributed by atoms with Gasteiger partial charge in [-0.05, 0) is 28.1 Å². The number of hydrogen-bond acceptors (Lipinski definition) is 3. The van der Waals surface area contributed by atoms with E-state index in [1.165, 1.54) is 24.3 Å². The third-order valence-electron chi connectivity index (χ3n) is 2.90. The normalized spacial score (nSPS) is 12.3. The molecule has 4 nitrogen and oxygen atoms in total. The molecule has 0 saturated heterocycles. The zero-order valence-corrected chi connectivity index (χ0v) is 12.8. The van der Waals surface area contributed by atoms with E-state index in [4.69, 9.17) is 21.1 Å². The van der Waals surface area contributed by atoms with Gasteiger partial charge in [-0.3, -0.25) is 4.79 Å². The van der Waals surface area contributed by atoms with Crippen molar-refractivity contribution < 1.29 is 18.7 Å². The van der Waals surface area contributed by atoms with Crippen molar-refractivity contribution >= 4 is 39.1 Å². The van der Waals surface area contributed by atoms with Gasteiger partial charge in [-0.2, -0.15) is 0 Å². The van der Waals surface area contributed by atoms with E-state index in [0.717, 1.165) is 0 Å². The Morgan fingerprint density at radius 3 is 2.71 bits per heavy atom. The monoisotopic (exact) mass is 371 g/mol. The molecule has 0 aliphatic carbocycles. The average molecular weight is 373 g/mol. The Bertz CT molecular complexity index is 718. The third kappa shape index (κ3) is 2.69. The topological polar surface area (TPSA) is 47.6 Å². The molecule has 0 bridgehead atoms. The van der Waals surface area contributed by atoms with Gasteiger partial charge >= 0.3 is 0 Å². The molecule has 0 spiro atoms. The fourth-order valence-electron chi connectivity index (χ4n) is 1.91. The number of fused-ring (bicyclic) bond motifs is 1. The van der Waals surface area contributed by atoms with Crippen LogP contribution in [0, 0.1) is 5.82 Å². The summed E-state index contributed by atoms with van der Waals surface area (Å²) in [4.78, 5) is 12.2. The summed E-state index contributed by atoms with van der Waals surface area (Å²) in [5.41, 5.74) is 0.229. The van der Waals surface area contributed by atoms with Crippen molar-refractivity contribution in [2.24, 2.45) is 0 Å². The predicted molar refractivity (Wildman–Crippen MR) is 79.6 cm³/mol. The van der Waals surface area contributed by atoms with Crippen LogP contribution in [0.15, 0.2) is 34.8 Å². The summed E-state index contributed by atoms with van der Waals surface area (Å²) >= 11 is 9.21. The van der Waals surface area contributed by atoms with Gasteiger partial charge < -0.3 is 14.8 Å². The number of rotatable bonds is 2. The summed E-state index contributed by atoms with van der Waals surface area (Å²) in [6.45, 7) is 0.0991. The number of hydrogen-bond donors (Lipinski definition) is 1. The lowest BCUT2D eigenvalue weighted by Crippen LogP contribution is -2.14. The van der Waals surface area contributed by atoms with Gasteiger partial charge in [-0.25, -0.2) is 4.39 Å². The quantitative estimate of drug-likeness (QED) is 0.858. The van der Waals surface area contributed by atoms with Crippen LogP contribution in [0.25, 0.3) is 0 Å². The summed E-state index contributed by atoms with van der Waals surface area (Å²) in [5.74, 6) is -0.258. The number of ether oxygens (including phenoxy) is 2. The number of benzene rings is 2. The van der Waals surface area contributed by atoms with E-state index < -0.39 is 11.7 Å². The van der Waals surface area contributed by atoms with Gasteiger partial charge in [0.15, 0.2) is 11.5 Å². The Morgan fingerprint density at radius 2 is 2.00 bits per heavy atom. The maximum absolute atomic E-state index is 13.8. The molecule has 2 aromatic carbocycles. The van der Waals surface area contributed by atoms with Crippen LogP contribution in [-0.2, 0) is 0 Å². The number of nitrogens with one attached hydrogen (secondary N) is 1. The lowest BCUT2D eigenvalue weighted by atomic mass is 10.2. The molecule has 0 unspecified atom stereocenters. The Labute approximate surface area is 132 Å². The molecule has 3 rings (SSSR count). The highest BCUT2D eigenvalue weighted by Gasteiger charge is 2.20. The van der Waals surface area contributed by atoms with E-state index in [0.29, 0.717) is 21.7 Å². The van der Waals surface area contributed by atoms with Gasteiger partial charge in [0.2, 0.25) is 6.79 Å². The SMILES string of the molecule is O=C(Nc1cc2c(cc1Cl)OCO2)c1c(F)cccc1Br. The number of carbonyl (C=O) groups is 1. The van der Waals surface area contributed by atoms with E-state index in [-0.39, 0.29) is 17.4 Å². The summed E-state index contributed by atoms with van der Waals surface area (Å²) in [6, 6.07) is 7.37. The molecule has 0 fully saturated rings. The zero-order valence-electron chi connectivity index (χ0n) is 10.5. The van der Waals surface area contributed by atoms with Crippen LogP contribution in [-0.4, -0.2) is 12.7 Å². The molecule has 0 aromatic heterocycles. The maximum Gasteiger partial charge on any atom is 0.259 e. The molecule has 7 heteroatoms. The Morgan fingerprint density at radius 1 is 1.29 bits per heavy atom. The molecular weight excluding hydrogens is 365 g/mol. The van der Waals surface area contributed by atoms with Crippen molar-refractivity contribution in [1.82, 2.24) is 0 Å². The standard InChI is InChI=1S/C14H8BrClFNO3/c15-7-2-1-3-9(17)13(7)14(19)18-10-5-12-11(4-8(10)16)20-6-21-12/h1-5H,6H2,(H,18,19). The number of amides is 1. The van der Waals surface area contributed by atoms with Crippen LogP contribution in [0.5, 0.6) is 11.5 Å². The van der Waals surface area contributed by atoms with Gasteiger partial charge in [0.1, 0.15) is 5.82 Å². The molecule has 1 N–H and O–H groups in total. The zero-order chi connectivity index (χ0) is 15.0. The molecule has 1 aliphatic heterocycles. The minimum Gasteiger partial charge on any atom is -0.454 e. The molecule has 21 heavy (non-hydrogen) atoms. The van der Waals surface area contributed by atoms with Crippen LogP contribution in [0.1, 0.15) is 10.4 Å². The van der Waals surface area contributed by atoms with E-state index in [2.05, 4.69) is 21.2 Å². The van der Waals surface area contributed by atoms with Crippen molar-refractivity contribution in [3.8, 4) is 11.5 Å². The highest BCUT2D eigenvalue weighted by Crippen LogP contribution is 2.39. The highest BCUT2D eigenvalue weighted by atomic mass is 79.9. The molecular formula is C14H8BrClFNO3. The first kappa shape index (κ1) is 14.2. The van der Waals surface area contributed by atoms with E-state index in [1.54, 1.807) is 6.07 Å². The summed E-state index contributed by atoms with van der Waals surface area (Å²) in [5, 5.41) is 2.84. The molecule has 0 atom stereocenters. The highest BCUT2D eigenvalue weighted by molar-refractivity contribution is 9.10. The van der Waals surface area contributed by atoms with Crippen molar-refractivity contribution in [2.45, 2.75) is 0 Å². The number of anilines is 1. The molecule has 108 valence electrons. The predicted octanol–water partition coefficient (Wildman–Crippen LogP) is 4.22. The molecule has 1 heterocycles. The lowest BCUT2D eigenvalue weighted by molar-refractivity contribution is 0.102. The first-order valence-corrected chi connectivity index (χ1v) is 7.08. The Kier molecular flexibility index (Phi) is 3.73. The molecule has 0 radical (unpaired) electrons. The van der Waals surface area contributed by atoms with Gasteiger partial charge in [0.05, 0.1) is 16.3 Å². The molecule has 0 saturated carbocycles. The van der Waals surface area contributed by atoms with Gasteiger partial charge in [-0.15, -0.1) is 0 Å². The molecule has 1 aliphatic rings. The van der Waals surface area contributed by atoms with Gasteiger partial charge in [0, 0.05) is 16.6 Å². The lowest BCUT2D eigenvalue weighted by Gasteiger charge is -2.10. The van der Waals surface area contributed by atoms with E-state index >= 15 is 0 Å². The Balaban J connectivity index is 1.92. The largest absolute Gasteiger partial charge is 0.454 e. The second-order valence-corrected chi connectivity index (χ2v) is 5.50. The van der Waals surface area contributed by atoms with Crippen molar-refractivity contribution in [3.63, 3.8) is 0 Å². The van der Waals surface area contributed by atoms with Crippen molar-refractivity contribution in [3.05, 3.63) is 51.2 Å².